The van der Waals surface area contributed by atoms with Crippen LogP contribution < -0.4 is 4.90 Å². The van der Waals surface area contributed by atoms with Crippen LogP contribution in [0.5, 0.6) is 5.88 Å². The number of anilines is 2. The lowest BCUT2D eigenvalue weighted by Crippen LogP contribution is -2.10. The van der Waals surface area contributed by atoms with Crippen LogP contribution in [0, 0.1) is 0 Å². The SMILES string of the molecule is CN(c1ccncc1)c1cc(-c2c(O)[nH]c3ccccc23)nc2ccccc12. The minimum atomic E-state index is 0.126. The number of hydrogen-bond acceptors (Lipinski definition) is 4. The van der Waals surface area contributed by atoms with Gasteiger partial charge in [0, 0.05) is 41.4 Å². The number of pyridine rings is 2. The number of aromatic amines is 1. The zero-order chi connectivity index (χ0) is 19.1. The third-order valence-corrected chi connectivity index (χ3v) is 5.05. The first-order valence-corrected chi connectivity index (χ1v) is 9.06. The van der Waals surface area contributed by atoms with E-state index in [9.17, 15) is 5.11 Å². The Morgan fingerprint density at radius 3 is 2.43 bits per heavy atom. The van der Waals surface area contributed by atoms with Gasteiger partial charge in [-0.25, -0.2) is 4.98 Å². The largest absolute Gasteiger partial charge is 0.494 e. The van der Waals surface area contributed by atoms with Gasteiger partial charge in [-0.05, 0) is 30.3 Å². The minimum absolute atomic E-state index is 0.126. The maximum atomic E-state index is 10.6. The molecule has 0 atom stereocenters. The predicted molar refractivity (Wildman–Crippen MR) is 113 cm³/mol. The number of aromatic nitrogens is 3. The van der Waals surface area contributed by atoms with E-state index in [1.54, 1.807) is 12.4 Å². The molecule has 0 bridgehead atoms. The Labute approximate surface area is 161 Å². The van der Waals surface area contributed by atoms with Crippen LogP contribution in [-0.4, -0.2) is 27.1 Å². The molecule has 2 aromatic carbocycles. The van der Waals surface area contributed by atoms with Gasteiger partial charge in [-0.2, -0.15) is 0 Å². The van der Waals surface area contributed by atoms with Crippen molar-refractivity contribution in [1.29, 1.82) is 0 Å². The Morgan fingerprint density at radius 1 is 0.893 bits per heavy atom. The molecule has 136 valence electrons. The summed E-state index contributed by atoms with van der Waals surface area (Å²) >= 11 is 0. The molecule has 0 amide bonds. The molecule has 28 heavy (non-hydrogen) atoms. The van der Waals surface area contributed by atoms with E-state index in [2.05, 4.69) is 20.9 Å². The fourth-order valence-electron chi connectivity index (χ4n) is 3.66. The van der Waals surface area contributed by atoms with Gasteiger partial charge in [0.05, 0.1) is 22.5 Å². The van der Waals surface area contributed by atoms with E-state index in [4.69, 9.17) is 4.98 Å². The number of H-pyrrole nitrogens is 1. The summed E-state index contributed by atoms with van der Waals surface area (Å²) in [7, 11) is 2.02. The third-order valence-electron chi connectivity index (χ3n) is 5.05. The van der Waals surface area contributed by atoms with Crippen molar-refractivity contribution in [1.82, 2.24) is 15.0 Å². The predicted octanol–water partition coefficient (Wildman–Crippen LogP) is 5.25. The molecule has 0 unspecified atom stereocenters. The molecule has 0 radical (unpaired) electrons. The van der Waals surface area contributed by atoms with Crippen LogP contribution in [0.25, 0.3) is 33.1 Å². The summed E-state index contributed by atoms with van der Waals surface area (Å²) in [6.07, 6.45) is 3.56. The first-order valence-electron chi connectivity index (χ1n) is 9.06. The fraction of sp³-hybridized carbons (Fsp3) is 0.0435. The maximum absolute atomic E-state index is 10.6. The summed E-state index contributed by atoms with van der Waals surface area (Å²) in [5.41, 5.74) is 5.24. The zero-order valence-corrected chi connectivity index (χ0v) is 15.3. The second kappa shape index (κ2) is 6.39. The average Bonchev–Trinajstić information content (AvgIpc) is 3.08. The first-order chi connectivity index (χ1) is 13.7. The van der Waals surface area contributed by atoms with Gasteiger partial charge < -0.3 is 15.0 Å². The van der Waals surface area contributed by atoms with E-state index in [1.807, 2.05) is 67.7 Å². The number of nitrogens with one attached hydrogen (secondary N) is 1. The number of fused-ring (bicyclic) bond motifs is 2. The van der Waals surface area contributed by atoms with Gasteiger partial charge >= 0.3 is 0 Å². The number of hydrogen-bond donors (Lipinski definition) is 2. The van der Waals surface area contributed by atoms with E-state index < -0.39 is 0 Å². The summed E-state index contributed by atoms with van der Waals surface area (Å²) in [5, 5.41) is 12.6. The fourth-order valence-corrected chi connectivity index (χ4v) is 3.66. The van der Waals surface area contributed by atoms with Crippen molar-refractivity contribution in [3.05, 3.63) is 79.1 Å². The smallest absolute Gasteiger partial charge is 0.199 e. The van der Waals surface area contributed by atoms with E-state index in [0.29, 0.717) is 5.56 Å². The lowest BCUT2D eigenvalue weighted by Gasteiger charge is -2.22. The van der Waals surface area contributed by atoms with E-state index >= 15 is 0 Å². The van der Waals surface area contributed by atoms with Gasteiger partial charge in [0.25, 0.3) is 0 Å². The number of aromatic hydroxyl groups is 1. The van der Waals surface area contributed by atoms with Gasteiger partial charge in [-0.15, -0.1) is 0 Å². The second-order valence-electron chi connectivity index (χ2n) is 6.70. The van der Waals surface area contributed by atoms with Crippen molar-refractivity contribution >= 4 is 33.2 Å². The third kappa shape index (κ3) is 2.56. The molecule has 0 spiro atoms. The van der Waals surface area contributed by atoms with Crippen molar-refractivity contribution in [2.24, 2.45) is 0 Å². The van der Waals surface area contributed by atoms with E-state index in [1.165, 1.54) is 0 Å². The van der Waals surface area contributed by atoms with E-state index in [-0.39, 0.29) is 5.88 Å². The van der Waals surface area contributed by atoms with Crippen LogP contribution in [0.15, 0.2) is 79.1 Å². The monoisotopic (exact) mass is 366 g/mol. The highest BCUT2D eigenvalue weighted by Crippen LogP contribution is 2.39. The molecule has 2 N–H and O–H groups in total. The molecular weight excluding hydrogens is 348 g/mol. The summed E-state index contributed by atoms with van der Waals surface area (Å²) < 4.78 is 0. The standard InChI is InChI=1S/C23H18N4O/c1-27(15-10-12-24-13-11-15)21-14-20(25-18-8-4-2-6-16(18)21)22-17-7-3-5-9-19(17)26-23(22)28/h2-14,26,28H,1H3. The average molecular weight is 366 g/mol. The molecule has 3 heterocycles. The van der Waals surface area contributed by atoms with Crippen LogP contribution in [0.2, 0.25) is 0 Å². The Hall–Kier alpha value is -3.86. The van der Waals surface area contributed by atoms with Crippen LogP contribution in [-0.2, 0) is 0 Å². The molecule has 0 saturated heterocycles. The molecule has 5 aromatic rings. The van der Waals surface area contributed by atoms with Crippen molar-refractivity contribution in [2.75, 3.05) is 11.9 Å². The Kier molecular flexibility index (Phi) is 3.72. The second-order valence-corrected chi connectivity index (χ2v) is 6.70. The molecule has 0 saturated carbocycles. The Balaban J connectivity index is 1.79. The van der Waals surface area contributed by atoms with E-state index in [0.717, 1.165) is 38.9 Å². The molecule has 5 heteroatoms. The summed E-state index contributed by atoms with van der Waals surface area (Å²) in [5.74, 6) is 0.126. The zero-order valence-electron chi connectivity index (χ0n) is 15.3. The van der Waals surface area contributed by atoms with Crippen molar-refractivity contribution in [3.8, 4) is 17.1 Å². The molecule has 0 aliphatic heterocycles. The van der Waals surface area contributed by atoms with Crippen LogP contribution in [0.4, 0.5) is 11.4 Å². The molecule has 0 fully saturated rings. The van der Waals surface area contributed by atoms with Gasteiger partial charge in [-0.1, -0.05) is 36.4 Å². The van der Waals surface area contributed by atoms with Crippen molar-refractivity contribution in [2.45, 2.75) is 0 Å². The highest BCUT2D eigenvalue weighted by atomic mass is 16.3. The summed E-state index contributed by atoms with van der Waals surface area (Å²) in [4.78, 5) is 14.1. The summed E-state index contributed by atoms with van der Waals surface area (Å²) in [6.45, 7) is 0. The quantitative estimate of drug-likeness (QED) is 0.458. The van der Waals surface area contributed by atoms with Gasteiger partial charge in [0.2, 0.25) is 0 Å². The number of rotatable bonds is 3. The minimum Gasteiger partial charge on any atom is -0.494 e. The maximum Gasteiger partial charge on any atom is 0.199 e. The topological polar surface area (TPSA) is 65.0 Å². The lowest BCUT2D eigenvalue weighted by atomic mass is 10.1. The number of benzene rings is 2. The Bertz CT molecular complexity index is 1290. The first kappa shape index (κ1) is 16.3. The lowest BCUT2D eigenvalue weighted by molar-refractivity contribution is 0.460. The highest BCUT2D eigenvalue weighted by molar-refractivity contribution is 6.02. The molecule has 5 nitrogen and oxygen atoms in total. The van der Waals surface area contributed by atoms with Gasteiger partial charge in [0.15, 0.2) is 5.88 Å². The van der Waals surface area contributed by atoms with Crippen LogP contribution in [0.3, 0.4) is 0 Å². The summed E-state index contributed by atoms with van der Waals surface area (Å²) in [6, 6.07) is 21.9. The number of nitrogens with zero attached hydrogens (tertiary/aromatic N) is 3. The molecule has 5 rings (SSSR count). The van der Waals surface area contributed by atoms with Crippen molar-refractivity contribution < 1.29 is 5.11 Å². The number of para-hydroxylation sites is 2. The van der Waals surface area contributed by atoms with Crippen molar-refractivity contribution in [3.63, 3.8) is 0 Å². The Morgan fingerprint density at radius 2 is 1.61 bits per heavy atom. The molecular formula is C23H18N4O. The van der Waals surface area contributed by atoms with Crippen LogP contribution >= 0.6 is 0 Å². The highest BCUT2D eigenvalue weighted by Gasteiger charge is 2.18. The van der Waals surface area contributed by atoms with Crippen LogP contribution in [0.1, 0.15) is 0 Å². The van der Waals surface area contributed by atoms with Gasteiger partial charge in [-0.3, -0.25) is 4.98 Å². The molecule has 0 aliphatic rings. The van der Waals surface area contributed by atoms with Gasteiger partial charge in [0.1, 0.15) is 0 Å². The normalized spacial score (nSPS) is 11.2. The molecule has 0 aliphatic carbocycles. The molecule has 3 aromatic heterocycles.